The number of carboxylic acid groups (broad SMARTS) is 1. The number of likely N-dealkylation sites (N-methyl/N-ethyl adjacent to an activating group) is 1. The number of pyridine rings is 1. The maximum Gasteiger partial charge on any atom is 0.335 e. The van der Waals surface area contributed by atoms with Gasteiger partial charge in [-0.3, -0.25) is 14.7 Å². The number of halogens is 1. The Labute approximate surface area is 163 Å². The maximum atomic E-state index is 12.4. The van der Waals surface area contributed by atoms with Crippen LogP contribution in [-0.2, 0) is 17.6 Å². The first kappa shape index (κ1) is 19.6. The molecule has 1 aromatic heterocycles. The molecule has 1 amide bonds. The van der Waals surface area contributed by atoms with E-state index in [0.717, 1.165) is 36.9 Å². The Morgan fingerprint density at radius 3 is 2.52 bits per heavy atom. The van der Waals surface area contributed by atoms with Gasteiger partial charge in [-0.15, -0.1) is 0 Å². The molecule has 0 saturated carbocycles. The van der Waals surface area contributed by atoms with Crippen LogP contribution in [0, 0.1) is 0 Å². The van der Waals surface area contributed by atoms with E-state index in [0.29, 0.717) is 34.6 Å². The summed E-state index contributed by atoms with van der Waals surface area (Å²) in [5.74, 6) is -1.60. The summed E-state index contributed by atoms with van der Waals surface area (Å²) in [5, 5.41) is 10.8. The second-order valence-corrected chi connectivity index (χ2v) is 7.23. The normalized spacial score (nSPS) is 15.0. The summed E-state index contributed by atoms with van der Waals surface area (Å²) in [6.45, 7) is 5.06. The molecule has 0 fully saturated rings. The molecular weight excluding hydrogens is 366 g/mol. The molecule has 144 valence electrons. The van der Waals surface area contributed by atoms with Gasteiger partial charge in [-0.1, -0.05) is 25.4 Å². The van der Waals surface area contributed by atoms with E-state index in [2.05, 4.69) is 0 Å². The number of carbonyl (C=O) groups is 2. The Hall–Kier alpha value is -2.18. The summed E-state index contributed by atoms with van der Waals surface area (Å²) in [4.78, 5) is 30.7. The fourth-order valence-electron chi connectivity index (χ4n) is 3.98. The number of primary amides is 1. The number of aromatic nitrogens is 1. The van der Waals surface area contributed by atoms with Gasteiger partial charge in [-0.2, -0.15) is 0 Å². The third-order valence-electron chi connectivity index (χ3n) is 5.32. The minimum atomic E-state index is -1.07. The van der Waals surface area contributed by atoms with Crippen LogP contribution in [0.25, 0.3) is 10.9 Å². The standard InChI is InChI=1S/C20H24ClN3O3/c1-3-24(4-2)18(19(22)25)13-9-11(20(26)27)10-15-16(13)17(21)12-7-5-6-8-14(12)23-15/h9-10,18H,3-8H2,1-2H3,(H2,22,25)(H,26,27). The summed E-state index contributed by atoms with van der Waals surface area (Å²) < 4.78 is 0. The van der Waals surface area contributed by atoms with Crippen LogP contribution in [-0.4, -0.2) is 40.0 Å². The monoisotopic (exact) mass is 389 g/mol. The van der Waals surface area contributed by atoms with Crippen LogP contribution >= 0.6 is 11.6 Å². The lowest BCUT2D eigenvalue weighted by Crippen LogP contribution is -2.38. The van der Waals surface area contributed by atoms with Gasteiger partial charge in [0, 0.05) is 11.1 Å². The Bertz CT molecular complexity index is 909. The SMILES string of the molecule is CCN(CC)C(C(N)=O)c1cc(C(=O)O)cc2nc3c(c(Cl)c12)CCCC3. The summed E-state index contributed by atoms with van der Waals surface area (Å²) in [6, 6.07) is 2.28. The van der Waals surface area contributed by atoms with Crippen molar-refractivity contribution in [1.82, 2.24) is 9.88 Å². The molecule has 0 radical (unpaired) electrons. The highest BCUT2D eigenvalue weighted by Gasteiger charge is 2.29. The highest BCUT2D eigenvalue weighted by Crippen LogP contribution is 2.38. The molecule has 0 spiro atoms. The molecule has 1 aliphatic rings. The smallest absolute Gasteiger partial charge is 0.335 e. The number of fused-ring (bicyclic) bond motifs is 2. The van der Waals surface area contributed by atoms with Crippen LogP contribution in [0.2, 0.25) is 5.02 Å². The van der Waals surface area contributed by atoms with E-state index in [1.807, 2.05) is 18.7 Å². The second kappa shape index (κ2) is 7.82. The van der Waals surface area contributed by atoms with Gasteiger partial charge in [-0.25, -0.2) is 4.79 Å². The van der Waals surface area contributed by atoms with Crippen molar-refractivity contribution in [1.29, 1.82) is 0 Å². The number of rotatable bonds is 6. The van der Waals surface area contributed by atoms with Crippen molar-refractivity contribution in [2.75, 3.05) is 13.1 Å². The Morgan fingerprint density at radius 2 is 1.93 bits per heavy atom. The van der Waals surface area contributed by atoms with E-state index < -0.39 is 17.9 Å². The lowest BCUT2D eigenvalue weighted by molar-refractivity contribution is -0.123. The number of aryl methyl sites for hydroxylation is 1. The van der Waals surface area contributed by atoms with Crippen molar-refractivity contribution < 1.29 is 14.7 Å². The fourth-order valence-corrected chi connectivity index (χ4v) is 4.39. The van der Waals surface area contributed by atoms with Gasteiger partial charge in [0.25, 0.3) is 0 Å². The Kier molecular flexibility index (Phi) is 5.67. The zero-order valence-electron chi connectivity index (χ0n) is 15.6. The van der Waals surface area contributed by atoms with Gasteiger partial charge in [-0.05, 0) is 62.0 Å². The van der Waals surface area contributed by atoms with E-state index in [-0.39, 0.29) is 5.56 Å². The van der Waals surface area contributed by atoms with E-state index in [1.165, 1.54) is 12.1 Å². The number of aromatic carboxylic acids is 1. The number of benzene rings is 1. The van der Waals surface area contributed by atoms with Crippen molar-refractivity contribution in [3.8, 4) is 0 Å². The predicted octanol–water partition coefficient (Wildman–Crippen LogP) is 3.33. The average Bonchev–Trinajstić information content (AvgIpc) is 2.64. The van der Waals surface area contributed by atoms with Gasteiger partial charge in [0.1, 0.15) is 6.04 Å². The average molecular weight is 390 g/mol. The summed E-state index contributed by atoms with van der Waals surface area (Å²) in [5.41, 5.74) is 8.77. The van der Waals surface area contributed by atoms with Gasteiger partial charge in [0.05, 0.1) is 16.1 Å². The van der Waals surface area contributed by atoms with E-state index in [9.17, 15) is 14.7 Å². The number of nitrogens with zero attached hydrogens (tertiary/aromatic N) is 2. The molecule has 1 unspecified atom stereocenters. The van der Waals surface area contributed by atoms with Crippen LogP contribution in [0.5, 0.6) is 0 Å². The lowest BCUT2D eigenvalue weighted by Gasteiger charge is -2.29. The van der Waals surface area contributed by atoms with E-state index in [1.54, 1.807) is 0 Å². The third kappa shape index (κ3) is 3.51. The summed E-state index contributed by atoms with van der Waals surface area (Å²) >= 11 is 6.78. The van der Waals surface area contributed by atoms with Gasteiger partial charge < -0.3 is 10.8 Å². The molecule has 1 aliphatic carbocycles. The van der Waals surface area contributed by atoms with Crippen LogP contribution in [0.15, 0.2) is 12.1 Å². The van der Waals surface area contributed by atoms with Crippen LogP contribution in [0.3, 0.4) is 0 Å². The number of amides is 1. The predicted molar refractivity (Wildman–Crippen MR) is 105 cm³/mol. The zero-order chi connectivity index (χ0) is 19.7. The summed E-state index contributed by atoms with van der Waals surface area (Å²) in [7, 11) is 0. The molecule has 1 atom stereocenters. The summed E-state index contributed by atoms with van der Waals surface area (Å²) in [6.07, 6.45) is 3.74. The van der Waals surface area contributed by atoms with Gasteiger partial charge >= 0.3 is 5.97 Å². The highest BCUT2D eigenvalue weighted by molar-refractivity contribution is 6.36. The van der Waals surface area contributed by atoms with Crippen molar-refractivity contribution in [2.24, 2.45) is 5.73 Å². The zero-order valence-corrected chi connectivity index (χ0v) is 16.3. The molecular formula is C20H24ClN3O3. The van der Waals surface area contributed by atoms with Crippen molar-refractivity contribution in [3.05, 3.63) is 39.5 Å². The van der Waals surface area contributed by atoms with Crippen molar-refractivity contribution in [3.63, 3.8) is 0 Å². The van der Waals surface area contributed by atoms with E-state index >= 15 is 0 Å². The second-order valence-electron chi connectivity index (χ2n) is 6.85. The molecule has 6 nitrogen and oxygen atoms in total. The minimum absolute atomic E-state index is 0.0789. The molecule has 3 rings (SSSR count). The molecule has 2 aromatic rings. The first-order valence-corrected chi connectivity index (χ1v) is 9.68. The van der Waals surface area contributed by atoms with Gasteiger partial charge in [0.2, 0.25) is 5.91 Å². The van der Waals surface area contributed by atoms with Crippen molar-refractivity contribution >= 4 is 34.4 Å². The van der Waals surface area contributed by atoms with Crippen LogP contribution in [0.4, 0.5) is 0 Å². The number of hydrogen-bond donors (Lipinski definition) is 2. The maximum absolute atomic E-state index is 12.4. The molecule has 27 heavy (non-hydrogen) atoms. The minimum Gasteiger partial charge on any atom is -0.478 e. The fraction of sp³-hybridized carbons (Fsp3) is 0.450. The topological polar surface area (TPSA) is 96.5 Å². The number of nitrogens with two attached hydrogens (primary N) is 1. The molecule has 0 aliphatic heterocycles. The molecule has 0 saturated heterocycles. The first-order chi connectivity index (χ1) is 12.9. The molecule has 7 heteroatoms. The molecule has 1 aromatic carbocycles. The molecule has 3 N–H and O–H groups in total. The van der Waals surface area contributed by atoms with Crippen LogP contribution < -0.4 is 5.73 Å². The Balaban J connectivity index is 2.38. The van der Waals surface area contributed by atoms with Crippen molar-refractivity contribution in [2.45, 2.75) is 45.6 Å². The van der Waals surface area contributed by atoms with E-state index in [4.69, 9.17) is 22.3 Å². The third-order valence-corrected chi connectivity index (χ3v) is 5.73. The van der Waals surface area contributed by atoms with Crippen LogP contribution in [0.1, 0.15) is 59.9 Å². The number of hydrogen-bond acceptors (Lipinski definition) is 4. The van der Waals surface area contributed by atoms with Gasteiger partial charge in [0.15, 0.2) is 0 Å². The quantitative estimate of drug-likeness (QED) is 0.789. The lowest BCUT2D eigenvalue weighted by atomic mass is 9.90. The number of carbonyl (C=O) groups excluding carboxylic acids is 1. The molecule has 0 bridgehead atoms. The number of carboxylic acids is 1. The highest BCUT2D eigenvalue weighted by atomic mass is 35.5. The molecule has 1 heterocycles. The first-order valence-electron chi connectivity index (χ1n) is 9.30. The largest absolute Gasteiger partial charge is 0.478 e. The Morgan fingerprint density at radius 1 is 1.26 bits per heavy atom.